The summed E-state index contributed by atoms with van der Waals surface area (Å²) >= 11 is 5.40. The second-order valence-electron chi connectivity index (χ2n) is 1.54. The van der Waals surface area contributed by atoms with Crippen LogP contribution in [0.15, 0.2) is 29.4 Å². The normalized spacial score (nSPS) is 11.1. The van der Waals surface area contributed by atoms with Gasteiger partial charge < -0.3 is 0 Å². The topological polar surface area (TPSA) is 12.4 Å². The summed E-state index contributed by atoms with van der Waals surface area (Å²) in [6.45, 7) is 8.96. The number of halogens is 1. The summed E-state index contributed by atoms with van der Waals surface area (Å²) in [5, 5.41) is 0.312. The van der Waals surface area contributed by atoms with E-state index in [2.05, 4.69) is 18.2 Å². The van der Waals surface area contributed by atoms with Crippen molar-refractivity contribution in [3.63, 3.8) is 0 Å². The minimum atomic E-state index is 0.312. The van der Waals surface area contributed by atoms with Gasteiger partial charge in [-0.3, -0.25) is 0 Å². The molecule has 0 spiro atoms. The lowest BCUT2D eigenvalue weighted by Gasteiger charge is -1.91. The van der Waals surface area contributed by atoms with E-state index in [-0.39, 0.29) is 0 Å². The van der Waals surface area contributed by atoms with E-state index in [0.717, 1.165) is 12.1 Å². The van der Waals surface area contributed by atoms with Crippen molar-refractivity contribution in [1.82, 2.24) is 0 Å². The van der Waals surface area contributed by atoms with Crippen molar-refractivity contribution < 1.29 is 0 Å². The Labute approximate surface area is 60.7 Å². The van der Waals surface area contributed by atoms with Gasteiger partial charge in [-0.25, -0.2) is 4.99 Å². The van der Waals surface area contributed by atoms with Crippen LogP contribution < -0.4 is 0 Å². The molecule has 1 nitrogen and oxygen atoms in total. The molecular formula is C7H10ClN. The van der Waals surface area contributed by atoms with E-state index >= 15 is 0 Å². The minimum Gasteiger partial charge on any atom is -0.242 e. The molecule has 0 amide bonds. The number of nitrogens with zero attached hydrogens (tertiary/aromatic N) is 1. The van der Waals surface area contributed by atoms with E-state index in [1.54, 1.807) is 6.08 Å². The summed E-state index contributed by atoms with van der Waals surface area (Å²) < 4.78 is 0. The molecule has 0 aromatic rings. The number of hydrogen-bond acceptors (Lipinski definition) is 1. The van der Waals surface area contributed by atoms with Crippen molar-refractivity contribution in [2.24, 2.45) is 4.99 Å². The summed E-state index contributed by atoms with van der Waals surface area (Å²) in [6, 6.07) is 0. The van der Waals surface area contributed by atoms with Crippen molar-refractivity contribution in [3.8, 4) is 0 Å². The monoisotopic (exact) mass is 143 g/mol. The van der Waals surface area contributed by atoms with Crippen molar-refractivity contribution in [2.45, 2.75) is 13.3 Å². The minimum absolute atomic E-state index is 0.312. The Morgan fingerprint density at radius 3 is 2.44 bits per heavy atom. The molecule has 0 aromatic heterocycles. The average molecular weight is 144 g/mol. The first kappa shape index (κ1) is 8.44. The Hall–Kier alpha value is -0.560. The molecule has 0 N–H and O–H groups in total. The van der Waals surface area contributed by atoms with E-state index in [9.17, 15) is 0 Å². The molecule has 0 saturated heterocycles. The summed E-state index contributed by atoms with van der Waals surface area (Å²) in [7, 11) is 0. The Kier molecular flexibility index (Phi) is 4.06. The number of allylic oxidation sites excluding steroid dienone is 1. The summed E-state index contributed by atoms with van der Waals surface area (Å²) in [4.78, 5) is 3.88. The fourth-order valence-electron chi connectivity index (χ4n) is 0.425. The van der Waals surface area contributed by atoms with Crippen molar-refractivity contribution >= 4 is 17.3 Å². The molecular weight excluding hydrogens is 134 g/mol. The van der Waals surface area contributed by atoms with Gasteiger partial charge in [-0.15, -0.1) is 0 Å². The summed E-state index contributed by atoms with van der Waals surface area (Å²) in [5.74, 6) is 0. The fraction of sp³-hybridized carbons (Fsp3) is 0.286. The molecule has 0 fully saturated rings. The Morgan fingerprint density at radius 1 is 1.78 bits per heavy atom. The van der Waals surface area contributed by atoms with Crippen LogP contribution in [0.1, 0.15) is 13.3 Å². The first-order chi connectivity index (χ1) is 4.20. The van der Waals surface area contributed by atoms with Crippen LogP contribution in [0.5, 0.6) is 0 Å². The SMILES string of the molecule is C=C/C(CC)=N\C(=C)Cl. The molecule has 9 heavy (non-hydrogen) atoms. The zero-order valence-electron chi connectivity index (χ0n) is 5.52. The van der Waals surface area contributed by atoms with Gasteiger partial charge in [-0.2, -0.15) is 0 Å². The maximum atomic E-state index is 5.40. The van der Waals surface area contributed by atoms with Crippen molar-refractivity contribution in [2.75, 3.05) is 0 Å². The Morgan fingerprint density at radius 2 is 2.33 bits per heavy atom. The van der Waals surface area contributed by atoms with Crippen LogP contribution in [0.2, 0.25) is 0 Å². The lowest BCUT2D eigenvalue weighted by Crippen LogP contribution is -1.87. The Bertz CT molecular complexity index is 147. The van der Waals surface area contributed by atoms with Crippen LogP contribution in [0.25, 0.3) is 0 Å². The summed E-state index contributed by atoms with van der Waals surface area (Å²) in [6.07, 6.45) is 2.52. The highest BCUT2D eigenvalue weighted by molar-refractivity contribution is 6.29. The fourth-order valence-corrected chi connectivity index (χ4v) is 0.533. The van der Waals surface area contributed by atoms with E-state index < -0.39 is 0 Å². The molecule has 0 saturated carbocycles. The standard InChI is InChI=1S/C7H10ClN/c1-4-7(5-2)9-6(3)8/h4H,1,3,5H2,2H3/b9-7+. The molecule has 0 heterocycles. The zero-order chi connectivity index (χ0) is 7.28. The number of rotatable bonds is 3. The van der Waals surface area contributed by atoms with Gasteiger partial charge in [-0.05, 0) is 12.5 Å². The van der Waals surface area contributed by atoms with E-state index in [1.807, 2.05) is 6.92 Å². The largest absolute Gasteiger partial charge is 0.242 e. The molecule has 0 aliphatic carbocycles. The number of hydrogen-bond donors (Lipinski definition) is 0. The molecule has 0 unspecified atom stereocenters. The molecule has 0 atom stereocenters. The molecule has 0 rings (SSSR count). The highest BCUT2D eigenvalue weighted by atomic mass is 35.5. The average Bonchev–Trinajstić information content (AvgIpc) is 1.82. The molecule has 0 aromatic carbocycles. The molecule has 0 radical (unpaired) electrons. The Balaban J connectivity index is 4.07. The van der Waals surface area contributed by atoms with Crippen LogP contribution in [0.4, 0.5) is 0 Å². The molecule has 0 aliphatic heterocycles. The molecule has 2 heteroatoms. The van der Waals surface area contributed by atoms with E-state index in [1.165, 1.54) is 0 Å². The van der Waals surface area contributed by atoms with Gasteiger partial charge in [0.25, 0.3) is 0 Å². The molecule has 0 bridgehead atoms. The third kappa shape index (κ3) is 3.98. The quantitative estimate of drug-likeness (QED) is 0.426. The van der Waals surface area contributed by atoms with Gasteiger partial charge in [0, 0.05) is 5.71 Å². The predicted molar refractivity (Wildman–Crippen MR) is 42.9 cm³/mol. The predicted octanol–water partition coefficient (Wildman–Crippen LogP) is 2.73. The first-order valence-electron chi connectivity index (χ1n) is 2.75. The summed E-state index contributed by atoms with van der Waals surface area (Å²) in [5.41, 5.74) is 0.870. The smallest absolute Gasteiger partial charge is 0.122 e. The first-order valence-corrected chi connectivity index (χ1v) is 3.13. The van der Waals surface area contributed by atoms with Gasteiger partial charge >= 0.3 is 0 Å². The van der Waals surface area contributed by atoms with Gasteiger partial charge in [0.1, 0.15) is 5.16 Å². The van der Waals surface area contributed by atoms with Crippen molar-refractivity contribution in [1.29, 1.82) is 0 Å². The number of aliphatic imine (C=N–C) groups is 1. The van der Waals surface area contributed by atoms with Crippen molar-refractivity contribution in [3.05, 3.63) is 24.4 Å². The third-order valence-electron chi connectivity index (χ3n) is 0.863. The van der Waals surface area contributed by atoms with E-state index in [4.69, 9.17) is 11.6 Å². The highest BCUT2D eigenvalue weighted by Gasteiger charge is 1.86. The van der Waals surface area contributed by atoms with Gasteiger partial charge in [-0.1, -0.05) is 31.7 Å². The van der Waals surface area contributed by atoms with Crippen LogP contribution >= 0.6 is 11.6 Å². The zero-order valence-corrected chi connectivity index (χ0v) is 6.28. The second-order valence-corrected chi connectivity index (χ2v) is 1.97. The van der Waals surface area contributed by atoms with Gasteiger partial charge in [0.05, 0.1) is 0 Å². The van der Waals surface area contributed by atoms with Crippen LogP contribution in [-0.2, 0) is 0 Å². The van der Waals surface area contributed by atoms with Crippen LogP contribution in [0.3, 0.4) is 0 Å². The third-order valence-corrected chi connectivity index (χ3v) is 0.947. The maximum absolute atomic E-state index is 5.40. The molecule has 50 valence electrons. The van der Waals surface area contributed by atoms with Gasteiger partial charge in [0.15, 0.2) is 0 Å². The van der Waals surface area contributed by atoms with Gasteiger partial charge in [0.2, 0.25) is 0 Å². The van der Waals surface area contributed by atoms with E-state index in [0.29, 0.717) is 5.16 Å². The lowest BCUT2D eigenvalue weighted by atomic mass is 10.3. The van der Waals surface area contributed by atoms with Crippen LogP contribution in [0, 0.1) is 0 Å². The molecule has 0 aliphatic rings. The maximum Gasteiger partial charge on any atom is 0.122 e. The second kappa shape index (κ2) is 4.33. The lowest BCUT2D eigenvalue weighted by molar-refractivity contribution is 1.27. The highest BCUT2D eigenvalue weighted by Crippen LogP contribution is 2.00. The van der Waals surface area contributed by atoms with Crippen LogP contribution in [-0.4, -0.2) is 5.71 Å².